The van der Waals surface area contributed by atoms with Gasteiger partial charge in [0.1, 0.15) is 6.10 Å². The maximum Gasteiger partial charge on any atom is 0.313 e. The molecule has 0 aromatic heterocycles. The molecule has 29 heavy (non-hydrogen) atoms. The van der Waals surface area contributed by atoms with Gasteiger partial charge in [0.2, 0.25) is 5.91 Å². The maximum atomic E-state index is 12.5. The van der Waals surface area contributed by atoms with Crippen LogP contribution in [-0.4, -0.2) is 48.9 Å². The minimum atomic E-state index is -0.839. The van der Waals surface area contributed by atoms with Crippen molar-refractivity contribution in [3.05, 3.63) is 65.2 Å². The predicted molar refractivity (Wildman–Crippen MR) is 109 cm³/mol. The number of rotatable bonds is 4. The van der Waals surface area contributed by atoms with Gasteiger partial charge in [0.15, 0.2) is 0 Å². The third-order valence-corrected chi connectivity index (χ3v) is 4.92. The molecule has 3 rings (SSSR count). The number of hydrogen-bond acceptors (Lipinski definition) is 4. The van der Waals surface area contributed by atoms with Gasteiger partial charge in [-0.3, -0.25) is 14.4 Å². The Balaban J connectivity index is 1.52. The Morgan fingerprint density at radius 1 is 1.00 bits per heavy atom. The van der Waals surface area contributed by atoms with E-state index in [0.717, 1.165) is 16.7 Å². The van der Waals surface area contributed by atoms with Gasteiger partial charge in [-0.2, -0.15) is 0 Å². The monoisotopic (exact) mass is 395 g/mol. The molecule has 1 unspecified atom stereocenters. The Hall–Kier alpha value is -3.19. The molecule has 1 aliphatic rings. The number of hydrogen-bond donors (Lipinski definition) is 2. The zero-order valence-corrected chi connectivity index (χ0v) is 16.6. The minimum Gasteiger partial charge on any atom is -0.370 e. The quantitative estimate of drug-likeness (QED) is 0.775. The molecule has 0 saturated carbocycles. The number of anilines is 1. The van der Waals surface area contributed by atoms with Crippen LogP contribution < -0.4 is 10.6 Å². The van der Waals surface area contributed by atoms with Crippen LogP contribution >= 0.6 is 0 Å². The molecule has 2 aromatic rings. The molecular formula is C22H25N3O4. The van der Waals surface area contributed by atoms with E-state index in [1.807, 2.05) is 62.4 Å². The predicted octanol–water partition coefficient (Wildman–Crippen LogP) is 1.96. The van der Waals surface area contributed by atoms with Crippen molar-refractivity contribution in [2.45, 2.75) is 20.0 Å². The lowest BCUT2D eigenvalue weighted by Crippen LogP contribution is -2.48. The number of para-hydroxylation sites is 1. The molecule has 1 aliphatic heterocycles. The van der Waals surface area contributed by atoms with Gasteiger partial charge in [0, 0.05) is 12.2 Å². The Labute approximate surface area is 170 Å². The molecular weight excluding hydrogens is 370 g/mol. The summed E-state index contributed by atoms with van der Waals surface area (Å²) in [5.41, 5.74) is 3.34. The first-order valence-electron chi connectivity index (χ1n) is 9.55. The molecule has 7 heteroatoms. The van der Waals surface area contributed by atoms with E-state index in [1.54, 1.807) is 4.90 Å². The third-order valence-electron chi connectivity index (χ3n) is 4.92. The van der Waals surface area contributed by atoms with E-state index in [-0.39, 0.29) is 18.6 Å². The lowest BCUT2D eigenvalue weighted by molar-refractivity contribution is -0.141. The highest BCUT2D eigenvalue weighted by molar-refractivity contribution is 6.40. The summed E-state index contributed by atoms with van der Waals surface area (Å²) in [5, 5.41) is 5.02. The highest BCUT2D eigenvalue weighted by Crippen LogP contribution is 2.22. The van der Waals surface area contributed by atoms with Gasteiger partial charge in [0.25, 0.3) is 0 Å². The van der Waals surface area contributed by atoms with Gasteiger partial charge in [-0.1, -0.05) is 48.5 Å². The van der Waals surface area contributed by atoms with Crippen LogP contribution in [0.2, 0.25) is 0 Å². The second kappa shape index (κ2) is 9.34. The fourth-order valence-corrected chi connectivity index (χ4v) is 3.28. The van der Waals surface area contributed by atoms with E-state index < -0.39 is 11.8 Å². The van der Waals surface area contributed by atoms with E-state index in [4.69, 9.17) is 4.74 Å². The van der Waals surface area contributed by atoms with Crippen molar-refractivity contribution in [1.29, 1.82) is 0 Å². The maximum absolute atomic E-state index is 12.5. The van der Waals surface area contributed by atoms with Gasteiger partial charge in [-0.15, -0.1) is 0 Å². The molecule has 1 fully saturated rings. The smallest absolute Gasteiger partial charge is 0.313 e. The lowest BCUT2D eigenvalue weighted by Gasteiger charge is -2.33. The largest absolute Gasteiger partial charge is 0.370 e. The molecule has 0 aliphatic carbocycles. The Kier molecular flexibility index (Phi) is 6.61. The summed E-state index contributed by atoms with van der Waals surface area (Å²) in [4.78, 5) is 38.4. The third kappa shape index (κ3) is 5.20. The number of ether oxygens (including phenoxy) is 1. The summed E-state index contributed by atoms with van der Waals surface area (Å²) in [6.07, 6.45) is -0.197. The van der Waals surface area contributed by atoms with Gasteiger partial charge in [0.05, 0.1) is 19.7 Å². The zero-order valence-electron chi connectivity index (χ0n) is 16.6. The van der Waals surface area contributed by atoms with Crippen LogP contribution in [0.15, 0.2) is 48.5 Å². The molecule has 152 valence electrons. The number of aryl methyl sites for hydroxylation is 2. The highest BCUT2D eigenvalue weighted by Gasteiger charge is 2.26. The first-order chi connectivity index (χ1) is 14.0. The molecule has 1 heterocycles. The molecule has 2 aromatic carbocycles. The van der Waals surface area contributed by atoms with E-state index in [2.05, 4.69) is 10.6 Å². The molecule has 7 nitrogen and oxygen atoms in total. The van der Waals surface area contributed by atoms with Crippen molar-refractivity contribution in [3.63, 3.8) is 0 Å². The van der Waals surface area contributed by atoms with Gasteiger partial charge >= 0.3 is 11.8 Å². The lowest BCUT2D eigenvalue weighted by atomic mass is 10.1. The number of carbonyl (C=O) groups is 3. The van der Waals surface area contributed by atoms with Crippen LogP contribution in [0, 0.1) is 13.8 Å². The Bertz CT molecular complexity index is 878. The molecule has 1 saturated heterocycles. The number of carbonyl (C=O) groups excluding carboxylic acids is 3. The summed E-state index contributed by atoms with van der Waals surface area (Å²) in [5.74, 6) is -1.88. The van der Waals surface area contributed by atoms with Crippen molar-refractivity contribution in [2.75, 3.05) is 31.6 Å². The van der Waals surface area contributed by atoms with Crippen LogP contribution in [0.25, 0.3) is 0 Å². The molecule has 0 bridgehead atoms. The second-order valence-corrected chi connectivity index (χ2v) is 7.01. The fraction of sp³-hybridized carbons (Fsp3) is 0.318. The number of nitrogens with one attached hydrogen (secondary N) is 2. The van der Waals surface area contributed by atoms with Crippen LogP contribution in [0.1, 0.15) is 22.8 Å². The van der Waals surface area contributed by atoms with Crippen LogP contribution in [0.5, 0.6) is 0 Å². The summed E-state index contributed by atoms with van der Waals surface area (Å²) in [6.45, 7) is 4.75. The molecule has 2 N–H and O–H groups in total. The fourth-order valence-electron chi connectivity index (χ4n) is 3.28. The Morgan fingerprint density at radius 3 is 2.38 bits per heavy atom. The normalized spacial score (nSPS) is 16.2. The molecule has 1 atom stereocenters. The minimum absolute atomic E-state index is 0.197. The number of benzene rings is 2. The van der Waals surface area contributed by atoms with Gasteiger partial charge in [-0.25, -0.2) is 0 Å². The topological polar surface area (TPSA) is 87.7 Å². The van der Waals surface area contributed by atoms with Gasteiger partial charge in [-0.05, 0) is 30.5 Å². The molecule has 0 spiro atoms. The summed E-state index contributed by atoms with van der Waals surface area (Å²) < 4.78 is 5.75. The van der Waals surface area contributed by atoms with Crippen molar-refractivity contribution in [1.82, 2.24) is 10.2 Å². The standard InChI is InChI=1S/C22H25N3O4/c1-15-7-6-8-16(2)20(15)24-22(28)21(27)23-13-19(26)25-11-12-29-18(14-25)17-9-4-3-5-10-17/h3-10,18H,11-14H2,1-2H3,(H,23,27)(H,24,28). The molecule has 0 radical (unpaired) electrons. The number of morpholine rings is 1. The van der Waals surface area contributed by atoms with E-state index in [9.17, 15) is 14.4 Å². The van der Waals surface area contributed by atoms with Crippen LogP contribution in [0.4, 0.5) is 5.69 Å². The zero-order chi connectivity index (χ0) is 20.8. The van der Waals surface area contributed by atoms with E-state index in [1.165, 1.54) is 0 Å². The second-order valence-electron chi connectivity index (χ2n) is 7.01. The van der Waals surface area contributed by atoms with Crippen LogP contribution in [-0.2, 0) is 19.1 Å². The first kappa shape index (κ1) is 20.5. The van der Waals surface area contributed by atoms with Crippen LogP contribution in [0.3, 0.4) is 0 Å². The average Bonchev–Trinajstić information content (AvgIpc) is 2.75. The van der Waals surface area contributed by atoms with Crippen molar-refractivity contribution in [2.24, 2.45) is 0 Å². The highest BCUT2D eigenvalue weighted by atomic mass is 16.5. The van der Waals surface area contributed by atoms with Crippen molar-refractivity contribution in [3.8, 4) is 0 Å². The Morgan fingerprint density at radius 2 is 1.69 bits per heavy atom. The number of nitrogens with zero attached hydrogens (tertiary/aromatic N) is 1. The van der Waals surface area contributed by atoms with Crippen molar-refractivity contribution < 1.29 is 19.1 Å². The summed E-state index contributed by atoms with van der Waals surface area (Å²) >= 11 is 0. The summed E-state index contributed by atoms with van der Waals surface area (Å²) in [7, 11) is 0. The van der Waals surface area contributed by atoms with Gasteiger partial charge < -0.3 is 20.3 Å². The average molecular weight is 395 g/mol. The van der Waals surface area contributed by atoms with Crippen molar-refractivity contribution >= 4 is 23.4 Å². The molecule has 3 amide bonds. The SMILES string of the molecule is Cc1cccc(C)c1NC(=O)C(=O)NCC(=O)N1CCOC(c2ccccc2)C1. The number of amides is 3. The first-order valence-corrected chi connectivity index (χ1v) is 9.55. The van der Waals surface area contributed by atoms with E-state index in [0.29, 0.717) is 25.4 Å². The summed E-state index contributed by atoms with van der Waals surface area (Å²) in [6, 6.07) is 15.3. The van der Waals surface area contributed by atoms with E-state index >= 15 is 0 Å².